The molecule has 0 N–H and O–H groups in total. The standard InChI is InChI=1S/C23H25F3N4O2/c24-23(25,26)18-7-4-6-17(16-18)21(31)30-14-12-28(13-15-30)20-19(8-5-9-27-20)22(32)29-10-2-1-3-11-29/h4-9,16H,1-3,10-15H2. The number of amides is 2. The largest absolute Gasteiger partial charge is 0.416 e. The molecule has 6 nitrogen and oxygen atoms in total. The number of nitrogens with zero attached hydrogens (tertiary/aromatic N) is 4. The first kappa shape index (κ1) is 22.1. The Bertz CT molecular complexity index is 981. The molecular formula is C23H25F3N4O2. The molecule has 32 heavy (non-hydrogen) atoms. The zero-order valence-electron chi connectivity index (χ0n) is 17.6. The number of hydrogen-bond donors (Lipinski definition) is 0. The highest BCUT2D eigenvalue weighted by molar-refractivity contribution is 5.99. The number of piperidine rings is 1. The highest BCUT2D eigenvalue weighted by Crippen LogP contribution is 2.30. The van der Waals surface area contributed by atoms with Crippen LogP contribution in [0.25, 0.3) is 0 Å². The lowest BCUT2D eigenvalue weighted by atomic mass is 10.1. The monoisotopic (exact) mass is 446 g/mol. The second-order valence-electron chi connectivity index (χ2n) is 8.09. The maximum Gasteiger partial charge on any atom is 0.416 e. The minimum absolute atomic E-state index is 0.0204. The highest BCUT2D eigenvalue weighted by atomic mass is 19.4. The molecule has 0 aliphatic carbocycles. The van der Waals surface area contributed by atoms with Crippen molar-refractivity contribution >= 4 is 17.6 Å². The van der Waals surface area contributed by atoms with Gasteiger partial charge in [0.25, 0.3) is 11.8 Å². The van der Waals surface area contributed by atoms with Crippen molar-refractivity contribution in [1.82, 2.24) is 14.8 Å². The van der Waals surface area contributed by atoms with Crippen molar-refractivity contribution in [1.29, 1.82) is 0 Å². The fourth-order valence-corrected chi connectivity index (χ4v) is 4.22. The van der Waals surface area contributed by atoms with Crippen LogP contribution in [-0.2, 0) is 6.18 Å². The van der Waals surface area contributed by atoms with Crippen molar-refractivity contribution < 1.29 is 22.8 Å². The van der Waals surface area contributed by atoms with Crippen LogP contribution in [-0.4, -0.2) is 65.9 Å². The highest BCUT2D eigenvalue weighted by Gasteiger charge is 2.32. The second kappa shape index (κ2) is 9.18. The van der Waals surface area contributed by atoms with E-state index in [4.69, 9.17) is 0 Å². The summed E-state index contributed by atoms with van der Waals surface area (Å²) in [5.74, 6) is 0.130. The van der Waals surface area contributed by atoms with E-state index in [0.717, 1.165) is 44.5 Å². The Hall–Kier alpha value is -3.10. The lowest BCUT2D eigenvalue weighted by Crippen LogP contribution is -2.49. The predicted molar refractivity (Wildman–Crippen MR) is 114 cm³/mol. The molecule has 0 atom stereocenters. The van der Waals surface area contributed by atoms with Gasteiger partial charge in [0.2, 0.25) is 0 Å². The number of anilines is 1. The van der Waals surface area contributed by atoms with Crippen LogP contribution >= 0.6 is 0 Å². The summed E-state index contributed by atoms with van der Waals surface area (Å²) in [6.07, 6.45) is 0.272. The Labute approximate surface area is 184 Å². The van der Waals surface area contributed by atoms with Gasteiger partial charge in [0.1, 0.15) is 5.82 Å². The Morgan fingerprint density at radius 2 is 1.50 bits per heavy atom. The maximum atomic E-state index is 13.0. The molecule has 1 aromatic carbocycles. The number of halogens is 3. The molecule has 0 bridgehead atoms. The van der Waals surface area contributed by atoms with Gasteiger partial charge in [0.05, 0.1) is 11.1 Å². The Morgan fingerprint density at radius 1 is 0.812 bits per heavy atom. The molecule has 2 saturated heterocycles. The summed E-state index contributed by atoms with van der Waals surface area (Å²) in [7, 11) is 0. The Balaban J connectivity index is 1.44. The molecule has 0 saturated carbocycles. The van der Waals surface area contributed by atoms with E-state index in [2.05, 4.69) is 4.98 Å². The van der Waals surface area contributed by atoms with Gasteiger partial charge < -0.3 is 14.7 Å². The third kappa shape index (κ3) is 4.71. The Morgan fingerprint density at radius 3 is 2.19 bits per heavy atom. The summed E-state index contributed by atoms with van der Waals surface area (Å²) < 4.78 is 38.9. The summed E-state index contributed by atoms with van der Waals surface area (Å²) in [6.45, 7) is 3.05. The number of piperazine rings is 1. The van der Waals surface area contributed by atoms with Crippen LogP contribution in [0.15, 0.2) is 42.6 Å². The molecule has 0 unspecified atom stereocenters. The normalized spacial score (nSPS) is 17.4. The number of benzene rings is 1. The number of rotatable bonds is 3. The van der Waals surface area contributed by atoms with Crippen molar-refractivity contribution in [2.75, 3.05) is 44.2 Å². The predicted octanol–water partition coefficient (Wildman–Crippen LogP) is 3.69. The summed E-state index contributed by atoms with van der Waals surface area (Å²) in [5.41, 5.74) is -0.268. The zero-order chi connectivity index (χ0) is 22.7. The van der Waals surface area contributed by atoms with Crippen LogP contribution in [0, 0.1) is 0 Å². The van der Waals surface area contributed by atoms with Crippen LogP contribution < -0.4 is 4.90 Å². The molecule has 0 spiro atoms. The summed E-state index contributed by atoms with van der Waals surface area (Å²) in [5, 5.41) is 0. The lowest BCUT2D eigenvalue weighted by Gasteiger charge is -2.36. The molecular weight excluding hydrogens is 421 g/mol. The average molecular weight is 446 g/mol. The minimum atomic E-state index is -4.49. The molecule has 4 rings (SSSR count). The molecule has 2 aliphatic rings. The van der Waals surface area contributed by atoms with Crippen molar-refractivity contribution in [2.45, 2.75) is 25.4 Å². The van der Waals surface area contributed by atoms with Crippen LogP contribution in [0.5, 0.6) is 0 Å². The van der Waals surface area contributed by atoms with E-state index in [9.17, 15) is 22.8 Å². The van der Waals surface area contributed by atoms with E-state index < -0.39 is 17.6 Å². The van der Waals surface area contributed by atoms with Crippen molar-refractivity contribution in [3.8, 4) is 0 Å². The lowest BCUT2D eigenvalue weighted by molar-refractivity contribution is -0.137. The molecule has 1 aromatic heterocycles. The van der Waals surface area contributed by atoms with Crippen LogP contribution in [0.4, 0.5) is 19.0 Å². The second-order valence-corrected chi connectivity index (χ2v) is 8.09. The van der Waals surface area contributed by atoms with Gasteiger partial charge in [-0.1, -0.05) is 6.07 Å². The van der Waals surface area contributed by atoms with Gasteiger partial charge >= 0.3 is 6.18 Å². The van der Waals surface area contributed by atoms with Crippen LogP contribution in [0.2, 0.25) is 0 Å². The van der Waals surface area contributed by atoms with E-state index >= 15 is 0 Å². The number of alkyl halides is 3. The number of carbonyl (C=O) groups excluding carboxylic acids is 2. The van der Waals surface area contributed by atoms with E-state index in [1.54, 1.807) is 23.2 Å². The molecule has 9 heteroatoms. The van der Waals surface area contributed by atoms with Crippen molar-refractivity contribution in [2.24, 2.45) is 0 Å². The van der Waals surface area contributed by atoms with E-state index in [1.807, 2.05) is 9.80 Å². The van der Waals surface area contributed by atoms with Crippen molar-refractivity contribution in [3.63, 3.8) is 0 Å². The van der Waals surface area contributed by atoms with Gasteiger partial charge in [-0.2, -0.15) is 13.2 Å². The van der Waals surface area contributed by atoms with Gasteiger partial charge in [-0.3, -0.25) is 9.59 Å². The summed E-state index contributed by atoms with van der Waals surface area (Å²) >= 11 is 0. The van der Waals surface area contributed by atoms with E-state index in [0.29, 0.717) is 37.6 Å². The fourth-order valence-electron chi connectivity index (χ4n) is 4.22. The van der Waals surface area contributed by atoms with Crippen LogP contribution in [0.3, 0.4) is 0 Å². The van der Waals surface area contributed by atoms with Crippen molar-refractivity contribution in [3.05, 3.63) is 59.3 Å². The minimum Gasteiger partial charge on any atom is -0.352 e. The number of likely N-dealkylation sites (tertiary alicyclic amines) is 1. The maximum absolute atomic E-state index is 13.0. The molecule has 170 valence electrons. The fraction of sp³-hybridized carbons (Fsp3) is 0.435. The summed E-state index contributed by atoms with van der Waals surface area (Å²) in [6, 6.07) is 8.02. The first-order valence-electron chi connectivity index (χ1n) is 10.8. The van der Waals surface area contributed by atoms with Gasteiger partial charge in [-0.15, -0.1) is 0 Å². The number of hydrogen-bond acceptors (Lipinski definition) is 4. The number of aromatic nitrogens is 1. The molecule has 2 aliphatic heterocycles. The smallest absolute Gasteiger partial charge is 0.352 e. The van der Waals surface area contributed by atoms with E-state index in [1.165, 1.54) is 12.1 Å². The first-order valence-corrected chi connectivity index (χ1v) is 10.8. The Kier molecular flexibility index (Phi) is 6.34. The number of pyridine rings is 1. The summed E-state index contributed by atoms with van der Waals surface area (Å²) in [4.78, 5) is 35.6. The third-order valence-corrected chi connectivity index (χ3v) is 5.96. The number of carbonyl (C=O) groups is 2. The van der Waals surface area contributed by atoms with Gasteiger partial charge in [-0.05, 0) is 49.6 Å². The van der Waals surface area contributed by atoms with E-state index in [-0.39, 0.29) is 11.5 Å². The first-order chi connectivity index (χ1) is 15.3. The molecule has 2 aromatic rings. The SMILES string of the molecule is O=C(c1cccc(C(F)(F)F)c1)N1CCN(c2ncccc2C(=O)N2CCCCC2)CC1. The van der Waals surface area contributed by atoms with Gasteiger partial charge in [-0.25, -0.2) is 4.98 Å². The molecule has 0 radical (unpaired) electrons. The third-order valence-electron chi connectivity index (χ3n) is 5.96. The van der Waals surface area contributed by atoms with Gasteiger partial charge in [0, 0.05) is 51.0 Å². The quantitative estimate of drug-likeness (QED) is 0.722. The molecule has 2 amide bonds. The van der Waals surface area contributed by atoms with Crippen LogP contribution in [0.1, 0.15) is 45.5 Å². The topological polar surface area (TPSA) is 56.8 Å². The average Bonchev–Trinajstić information content (AvgIpc) is 2.83. The zero-order valence-corrected chi connectivity index (χ0v) is 17.6. The molecule has 2 fully saturated rings. The van der Waals surface area contributed by atoms with Gasteiger partial charge in [0.15, 0.2) is 0 Å². The molecule has 3 heterocycles.